The molecule has 4 nitrogen and oxygen atoms in total. The van der Waals surface area contributed by atoms with Crippen molar-refractivity contribution in [3.63, 3.8) is 0 Å². The average Bonchev–Trinajstić information content (AvgIpc) is 2.27. The van der Waals surface area contributed by atoms with E-state index in [4.69, 9.17) is 10.5 Å². The van der Waals surface area contributed by atoms with Gasteiger partial charge < -0.3 is 15.8 Å². The summed E-state index contributed by atoms with van der Waals surface area (Å²) in [5.74, 6) is -0.137. The molecule has 0 bridgehead atoms. The lowest BCUT2D eigenvalue weighted by atomic mass is 9.93. The third-order valence-corrected chi connectivity index (χ3v) is 2.75. The molecule has 106 valence electrons. The van der Waals surface area contributed by atoms with Crippen molar-refractivity contribution >= 4 is 17.3 Å². The highest BCUT2D eigenvalue weighted by molar-refractivity contribution is 5.92. The summed E-state index contributed by atoms with van der Waals surface area (Å²) in [5, 5.41) is 2.82. The van der Waals surface area contributed by atoms with Crippen LogP contribution in [0.1, 0.15) is 32.8 Å². The predicted octanol–water partition coefficient (Wildman–Crippen LogP) is 2.97. The van der Waals surface area contributed by atoms with Gasteiger partial charge in [-0.05, 0) is 42.5 Å². The van der Waals surface area contributed by atoms with Crippen molar-refractivity contribution in [2.45, 2.75) is 34.1 Å². The van der Waals surface area contributed by atoms with Crippen LogP contribution in [0, 0.1) is 12.3 Å². The lowest BCUT2D eigenvalue weighted by molar-refractivity contribution is -0.120. The van der Waals surface area contributed by atoms with Crippen LogP contribution in [0.4, 0.5) is 11.4 Å². The number of amides is 1. The van der Waals surface area contributed by atoms with Gasteiger partial charge in [-0.25, -0.2) is 0 Å². The van der Waals surface area contributed by atoms with E-state index in [0.29, 0.717) is 12.3 Å². The average molecular weight is 264 g/mol. The first-order valence-electron chi connectivity index (χ1n) is 6.52. The zero-order chi connectivity index (χ0) is 14.5. The highest BCUT2D eigenvalue weighted by atomic mass is 16.5. The molecule has 0 saturated heterocycles. The summed E-state index contributed by atoms with van der Waals surface area (Å²) in [6.07, 6.45) is 0.932. The number of hydrogen-bond acceptors (Lipinski definition) is 3. The van der Waals surface area contributed by atoms with Crippen LogP contribution in [0.3, 0.4) is 0 Å². The fraction of sp³-hybridized carbons (Fsp3) is 0.533. The summed E-state index contributed by atoms with van der Waals surface area (Å²) < 4.78 is 5.37. The number of carbonyl (C=O) groups excluding carboxylic acids is 1. The molecule has 0 heterocycles. The van der Waals surface area contributed by atoms with Crippen LogP contribution in [0.25, 0.3) is 0 Å². The van der Waals surface area contributed by atoms with Gasteiger partial charge in [0.2, 0.25) is 5.91 Å². The molecule has 0 fully saturated rings. The number of aryl methyl sites for hydroxylation is 1. The van der Waals surface area contributed by atoms with Crippen LogP contribution in [0.15, 0.2) is 18.2 Å². The first-order chi connectivity index (χ1) is 8.78. The second kappa shape index (κ2) is 6.57. The zero-order valence-corrected chi connectivity index (χ0v) is 12.2. The van der Waals surface area contributed by atoms with Gasteiger partial charge in [0, 0.05) is 18.0 Å². The van der Waals surface area contributed by atoms with Gasteiger partial charge in [-0.1, -0.05) is 20.8 Å². The fourth-order valence-electron chi connectivity index (χ4n) is 1.56. The Balaban J connectivity index is 2.35. The molecule has 3 N–H and O–H groups in total. The van der Waals surface area contributed by atoms with E-state index in [-0.39, 0.29) is 17.9 Å². The Labute approximate surface area is 115 Å². The standard InChI is InChI=1S/C15H24N2O2/c1-11-9-12(16)5-6-13(11)17-14(18)10-19-8-7-15(2,3)4/h5-6,9H,7-8,10,16H2,1-4H3,(H,17,18). The van der Waals surface area contributed by atoms with Crippen LogP contribution in [0.2, 0.25) is 0 Å². The van der Waals surface area contributed by atoms with Crippen molar-refractivity contribution in [2.24, 2.45) is 5.41 Å². The number of nitrogens with two attached hydrogens (primary N) is 1. The first-order valence-corrected chi connectivity index (χ1v) is 6.52. The summed E-state index contributed by atoms with van der Waals surface area (Å²) in [4.78, 5) is 11.7. The summed E-state index contributed by atoms with van der Waals surface area (Å²) in [5.41, 5.74) is 8.30. The van der Waals surface area contributed by atoms with Crippen LogP contribution in [0.5, 0.6) is 0 Å². The molecule has 0 aromatic heterocycles. The van der Waals surface area contributed by atoms with Crippen molar-refractivity contribution < 1.29 is 9.53 Å². The first kappa shape index (κ1) is 15.5. The van der Waals surface area contributed by atoms with E-state index < -0.39 is 0 Å². The molecule has 0 atom stereocenters. The van der Waals surface area contributed by atoms with Crippen molar-refractivity contribution in [3.05, 3.63) is 23.8 Å². The van der Waals surface area contributed by atoms with Gasteiger partial charge in [-0.15, -0.1) is 0 Å². The summed E-state index contributed by atoms with van der Waals surface area (Å²) >= 11 is 0. The molecule has 19 heavy (non-hydrogen) atoms. The molecule has 0 saturated carbocycles. The number of anilines is 2. The van der Waals surface area contributed by atoms with Gasteiger partial charge in [-0.2, -0.15) is 0 Å². The Morgan fingerprint density at radius 2 is 2.05 bits per heavy atom. The topological polar surface area (TPSA) is 64.3 Å². The van der Waals surface area contributed by atoms with E-state index in [9.17, 15) is 4.79 Å². The minimum Gasteiger partial charge on any atom is -0.399 e. The SMILES string of the molecule is Cc1cc(N)ccc1NC(=O)COCCC(C)(C)C. The second-order valence-electron chi connectivity index (χ2n) is 5.99. The van der Waals surface area contributed by atoms with E-state index in [1.807, 2.05) is 13.0 Å². The maximum atomic E-state index is 11.7. The van der Waals surface area contributed by atoms with Crippen molar-refractivity contribution in [2.75, 3.05) is 24.3 Å². The van der Waals surface area contributed by atoms with E-state index in [1.165, 1.54) is 0 Å². The third-order valence-electron chi connectivity index (χ3n) is 2.75. The molecular weight excluding hydrogens is 240 g/mol. The number of nitrogens with one attached hydrogen (secondary N) is 1. The maximum Gasteiger partial charge on any atom is 0.250 e. The highest BCUT2D eigenvalue weighted by Gasteiger charge is 2.10. The lowest BCUT2D eigenvalue weighted by Gasteiger charge is -2.17. The predicted molar refractivity (Wildman–Crippen MR) is 79.1 cm³/mol. The van der Waals surface area contributed by atoms with Crippen LogP contribution in [-0.4, -0.2) is 19.1 Å². The van der Waals surface area contributed by atoms with Crippen LogP contribution in [-0.2, 0) is 9.53 Å². The largest absolute Gasteiger partial charge is 0.399 e. The van der Waals surface area contributed by atoms with Gasteiger partial charge >= 0.3 is 0 Å². The van der Waals surface area contributed by atoms with Gasteiger partial charge in [-0.3, -0.25) is 4.79 Å². The number of nitrogen functional groups attached to an aromatic ring is 1. The van der Waals surface area contributed by atoms with Gasteiger partial charge in [0.25, 0.3) is 0 Å². The van der Waals surface area contributed by atoms with E-state index >= 15 is 0 Å². The second-order valence-corrected chi connectivity index (χ2v) is 5.99. The number of rotatable bonds is 5. The Bertz CT molecular complexity index is 436. The third kappa shape index (κ3) is 6.25. The number of carbonyl (C=O) groups is 1. The van der Waals surface area contributed by atoms with Crippen molar-refractivity contribution in [1.82, 2.24) is 0 Å². The van der Waals surface area contributed by atoms with Crippen molar-refractivity contribution in [1.29, 1.82) is 0 Å². The molecule has 0 radical (unpaired) electrons. The quantitative estimate of drug-likeness (QED) is 0.635. The van der Waals surface area contributed by atoms with E-state index in [1.54, 1.807) is 12.1 Å². The molecular formula is C15H24N2O2. The molecule has 0 unspecified atom stereocenters. The van der Waals surface area contributed by atoms with Gasteiger partial charge in [0.1, 0.15) is 6.61 Å². The normalized spacial score (nSPS) is 11.4. The van der Waals surface area contributed by atoms with Gasteiger partial charge in [0.15, 0.2) is 0 Å². The maximum absolute atomic E-state index is 11.7. The molecule has 4 heteroatoms. The molecule has 1 aromatic carbocycles. The number of hydrogen-bond donors (Lipinski definition) is 2. The summed E-state index contributed by atoms with van der Waals surface area (Å²) in [7, 11) is 0. The smallest absolute Gasteiger partial charge is 0.250 e. The Kier molecular flexibility index (Phi) is 5.36. The lowest BCUT2D eigenvalue weighted by Crippen LogP contribution is -2.20. The van der Waals surface area contributed by atoms with E-state index in [2.05, 4.69) is 26.1 Å². The van der Waals surface area contributed by atoms with Gasteiger partial charge in [0.05, 0.1) is 0 Å². The Hall–Kier alpha value is -1.55. The minimum atomic E-state index is -0.137. The summed E-state index contributed by atoms with van der Waals surface area (Å²) in [6, 6.07) is 5.40. The molecule has 0 aliphatic rings. The Morgan fingerprint density at radius 1 is 1.37 bits per heavy atom. The van der Waals surface area contributed by atoms with Crippen LogP contribution < -0.4 is 11.1 Å². The highest BCUT2D eigenvalue weighted by Crippen LogP contribution is 2.18. The zero-order valence-electron chi connectivity index (χ0n) is 12.2. The molecule has 0 aliphatic heterocycles. The molecule has 0 spiro atoms. The molecule has 0 aliphatic carbocycles. The molecule has 1 aromatic rings. The molecule has 1 amide bonds. The minimum absolute atomic E-state index is 0.0832. The van der Waals surface area contributed by atoms with E-state index in [0.717, 1.165) is 17.7 Å². The number of ether oxygens (including phenoxy) is 1. The number of benzene rings is 1. The molecule has 1 rings (SSSR count). The monoisotopic (exact) mass is 264 g/mol. The van der Waals surface area contributed by atoms with Crippen molar-refractivity contribution in [3.8, 4) is 0 Å². The fourth-order valence-corrected chi connectivity index (χ4v) is 1.56. The summed E-state index contributed by atoms with van der Waals surface area (Å²) in [6.45, 7) is 9.03. The van der Waals surface area contributed by atoms with Crippen LogP contribution >= 0.6 is 0 Å². The Morgan fingerprint density at radius 3 is 2.63 bits per heavy atom.